The number of rotatable bonds is 5. The molecule has 9 aromatic carbocycles. The first-order valence-corrected chi connectivity index (χ1v) is 20.6. The van der Waals surface area contributed by atoms with Crippen molar-refractivity contribution >= 4 is 49.9 Å². The molecule has 0 atom stereocenters. The van der Waals surface area contributed by atoms with Gasteiger partial charge in [0.15, 0.2) is 0 Å². The van der Waals surface area contributed by atoms with Crippen LogP contribution in [0.25, 0.3) is 66.5 Å². The predicted octanol–water partition coefficient (Wildman–Crippen LogP) is 13.9. The first kappa shape index (κ1) is 33.1. The van der Waals surface area contributed by atoms with Gasteiger partial charge < -0.3 is 9.47 Å². The molecule has 0 bridgehead atoms. The summed E-state index contributed by atoms with van der Waals surface area (Å²) in [5.41, 5.74) is 18.0. The lowest BCUT2D eigenvalue weighted by molar-refractivity contribution is 0.738. The molecule has 1 aliphatic heterocycles. The minimum atomic E-state index is -0.673. The molecule has 13 rings (SSSR count). The maximum Gasteiger partial charge on any atom is 0.134 e. The van der Waals surface area contributed by atoms with Crippen LogP contribution in [0.1, 0.15) is 22.5 Å². The lowest BCUT2D eigenvalue weighted by Gasteiger charge is -2.34. The molecular formula is C56H36N4. The van der Waals surface area contributed by atoms with E-state index in [1.54, 1.807) is 0 Å². The van der Waals surface area contributed by atoms with Gasteiger partial charge in [-0.25, -0.2) is 4.98 Å². The van der Waals surface area contributed by atoms with Crippen molar-refractivity contribution in [3.63, 3.8) is 0 Å². The van der Waals surface area contributed by atoms with Crippen LogP contribution in [0, 0.1) is 0 Å². The van der Waals surface area contributed by atoms with Crippen molar-refractivity contribution in [1.29, 1.82) is 0 Å². The molecule has 0 radical (unpaired) electrons. The Balaban J connectivity index is 1.13. The van der Waals surface area contributed by atoms with Gasteiger partial charge in [-0.2, -0.15) is 0 Å². The molecule has 0 saturated heterocycles. The first-order chi connectivity index (χ1) is 29.8. The highest BCUT2D eigenvalue weighted by atomic mass is 15.2. The van der Waals surface area contributed by atoms with E-state index in [-0.39, 0.29) is 0 Å². The van der Waals surface area contributed by atoms with Gasteiger partial charge in [-0.05, 0) is 106 Å². The molecule has 280 valence electrons. The highest BCUT2D eigenvalue weighted by molar-refractivity contribution is 6.11. The third-order valence-corrected chi connectivity index (χ3v) is 12.9. The molecule has 0 unspecified atom stereocenters. The summed E-state index contributed by atoms with van der Waals surface area (Å²) in [7, 11) is 0. The maximum atomic E-state index is 5.58. The van der Waals surface area contributed by atoms with Crippen LogP contribution in [0.2, 0.25) is 0 Å². The number of fused-ring (bicyclic) bond motifs is 15. The standard InChI is InChI=1S/C56H36N4/c1-3-16-37(17-4-1)38-30-32-40(33-31-38)58(41-34-35-50-45(36-41)44-22-9-13-26-49(44)59(50)39-18-5-2-6-19-39)52-28-15-29-53-54(52)56(55-57-48-25-12-14-27-51(48)60(53)55)46-23-10-7-20-42(46)43-21-8-11-24-47(43)56/h1-36H. The van der Waals surface area contributed by atoms with E-state index in [1.165, 1.54) is 60.8 Å². The molecule has 0 amide bonds. The third-order valence-electron chi connectivity index (χ3n) is 12.9. The molecule has 0 N–H and O–H groups in total. The summed E-state index contributed by atoms with van der Waals surface area (Å²) >= 11 is 0. The second-order valence-corrected chi connectivity index (χ2v) is 15.9. The summed E-state index contributed by atoms with van der Waals surface area (Å²) in [4.78, 5) is 8.07. The maximum absolute atomic E-state index is 5.58. The monoisotopic (exact) mass is 764 g/mol. The molecule has 0 saturated carbocycles. The van der Waals surface area contributed by atoms with Gasteiger partial charge in [-0.3, -0.25) is 4.57 Å². The normalized spacial score (nSPS) is 13.1. The molecule has 4 nitrogen and oxygen atoms in total. The number of aromatic nitrogens is 3. The van der Waals surface area contributed by atoms with Gasteiger partial charge in [0.25, 0.3) is 0 Å². The van der Waals surface area contributed by atoms with Crippen molar-refractivity contribution in [1.82, 2.24) is 14.1 Å². The minimum absolute atomic E-state index is 0.673. The zero-order chi connectivity index (χ0) is 39.4. The molecule has 60 heavy (non-hydrogen) atoms. The second kappa shape index (κ2) is 12.5. The van der Waals surface area contributed by atoms with Crippen molar-refractivity contribution in [2.75, 3.05) is 4.90 Å². The smallest absolute Gasteiger partial charge is 0.134 e. The lowest BCUT2D eigenvalue weighted by atomic mass is 9.72. The van der Waals surface area contributed by atoms with E-state index < -0.39 is 5.41 Å². The average Bonchev–Trinajstić information content (AvgIpc) is 4.04. The van der Waals surface area contributed by atoms with Crippen LogP contribution >= 0.6 is 0 Å². The van der Waals surface area contributed by atoms with Crippen LogP contribution < -0.4 is 4.90 Å². The highest BCUT2D eigenvalue weighted by Crippen LogP contribution is 2.63. The van der Waals surface area contributed by atoms with Crippen LogP contribution in [0.15, 0.2) is 218 Å². The Morgan fingerprint density at radius 2 is 1.02 bits per heavy atom. The zero-order valence-electron chi connectivity index (χ0n) is 32.6. The topological polar surface area (TPSA) is 26.0 Å². The molecule has 2 aliphatic rings. The van der Waals surface area contributed by atoms with Gasteiger partial charge in [-0.15, -0.1) is 0 Å². The van der Waals surface area contributed by atoms with Crippen molar-refractivity contribution in [3.8, 4) is 33.6 Å². The van der Waals surface area contributed by atoms with Gasteiger partial charge in [0.05, 0.1) is 33.4 Å². The Bertz CT molecular complexity index is 3440. The minimum Gasteiger partial charge on any atom is -0.310 e. The van der Waals surface area contributed by atoms with Gasteiger partial charge in [0.1, 0.15) is 11.2 Å². The zero-order valence-corrected chi connectivity index (χ0v) is 32.6. The SMILES string of the molecule is c1ccc(-c2ccc(N(c3ccc4c(c3)c3ccccc3n4-c3ccccc3)c3cccc4c3C3(c5ccccc5-c5ccccc53)c3nc5ccccc5n3-4)cc2)cc1. The van der Waals surface area contributed by atoms with E-state index >= 15 is 0 Å². The van der Waals surface area contributed by atoms with E-state index in [1.807, 2.05) is 0 Å². The fraction of sp³-hybridized carbons (Fsp3) is 0.0179. The van der Waals surface area contributed by atoms with Crippen molar-refractivity contribution in [2.24, 2.45) is 0 Å². The third kappa shape index (κ3) is 4.42. The van der Waals surface area contributed by atoms with Gasteiger partial charge in [-0.1, -0.05) is 146 Å². The molecule has 3 heterocycles. The molecular weight excluding hydrogens is 729 g/mol. The Labute approximate surface area is 347 Å². The Morgan fingerprint density at radius 3 is 1.78 bits per heavy atom. The molecule has 0 fully saturated rings. The van der Waals surface area contributed by atoms with Gasteiger partial charge >= 0.3 is 0 Å². The predicted molar refractivity (Wildman–Crippen MR) is 246 cm³/mol. The van der Waals surface area contributed by atoms with Crippen LogP contribution in [-0.2, 0) is 5.41 Å². The number of imidazole rings is 1. The first-order valence-electron chi connectivity index (χ1n) is 20.6. The average molecular weight is 765 g/mol. The summed E-state index contributed by atoms with van der Waals surface area (Å²) in [6.45, 7) is 0. The van der Waals surface area contributed by atoms with Crippen LogP contribution in [0.3, 0.4) is 0 Å². The fourth-order valence-electron chi connectivity index (χ4n) is 10.5. The molecule has 1 spiro atoms. The fourth-order valence-corrected chi connectivity index (χ4v) is 10.5. The summed E-state index contributed by atoms with van der Waals surface area (Å²) in [6.07, 6.45) is 0. The number of nitrogens with zero attached hydrogens (tertiary/aromatic N) is 4. The molecule has 1 aliphatic carbocycles. The van der Waals surface area contributed by atoms with E-state index in [0.29, 0.717) is 0 Å². The van der Waals surface area contributed by atoms with E-state index in [0.717, 1.165) is 45.3 Å². The number of anilines is 3. The molecule has 11 aromatic rings. The number of hydrogen-bond acceptors (Lipinski definition) is 2. The van der Waals surface area contributed by atoms with E-state index in [4.69, 9.17) is 4.98 Å². The highest BCUT2D eigenvalue weighted by Gasteiger charge is 2.55. The van der Waals surface area contributed by atoms with E-state index in [9.17, 15) is 0 Å². The van der Waals surface area contributed by atoms with Gasteiger partial charge in [0, 0.05) is 33.4 Å². The van der Waals surface area contributed by atoms with Gasteiger partial charge in [0.2, 0.25) is 0 Å². The Kier molecular flexibility index (Phi) is 6.90. The number of benzene rings is 9. The second-order valence-electron chi connectivity index (χ2n) is 15.9. The van der Waals surface area contributed by atoms with Crippen molar-refractivity contribution < 1.29 is 0 Å². The quantitative estimate of drug-likeness (QED) is 0.174. The van der Waals surface area contributed by atoms with Crippen molar-refractivity contribution in [3.05, 3.63) is 241 Å². The van der Waals surface area contributed by atoms with Crippen LogP contribution in [0.5, 0.6) is 0 Å². The van der Waals surface area contributed by atoms with Crippen LogP contribution in [0.4, 0.5) is 17.1 Å². The van der Waals surface area contributed by atoms with E-state index in [2.05, 4.69) is 232 Å². The molecule has 2 aromatic heterocycles. The Hall–Kier alpha value is -7.95. The summed E-state index contributed by atoms with van der Waals surface area (Å²) in [5, 5.41) is 2.42. The van der Waals surface area contributed by atoms with Crippen molar-refractivity contribution in [2.45, 2.75) is 5.41 Å². The summed E-state index contributed by atoms with van der Waals surface area (Å²) < 4.78 is 4.82. The number of para-hydroxylation sites is 4. The van der Waals surface area contributed by atoms with Crippen LogP contribution in [-0.4, -0.2) is 14.1 Å². The Morgan fingerprint density at radius 1 is 0.417 bits per heavy atom. The lowest BCUT2D eigenvalue weighted by Crippen LogP contribution is -2.29. The summed E-state index contributed by atoms with van der Waals surface area (Å²) in [6, 6.07) is 79.6. The number of hydrogen-bond donors (Lipinski definition) is 0. The molecule has 4 heteroatoms. The largest absolute Gasteiger partial charge is 0.310 e. The summed E-state index contributed by atoms with van der Waals surface area (Å²) in [5.74, 6) is 1.03.